The van der Waals surface area contributed by atoms with E-state index < -0.39 is 0 Å². The van der Waals surface area contributed by atoms with Crippen molar-refractivity contribution in [3.8, 4) is 0 Å². The van der Waals surface area contributed by atoms with Crippen LogP contribution in [-0.2, 0) is 0 Å². The number of nitrogens with one attached hydrogen (secondary N) is 1. The molecule has 1 aromatic rings. The smallest absolute Gasteiger partial charge is 0.226 e. The first kappa shape index (κ1) is 11.2. The molecule has 2 rings (SSSR count). The summed E-state index contributed by atoms with van der Waals surface area (Å²) >= 11 is 0. The number of rotatable bonds is 4. The van der Waals surface area contributed by atoms with E-state index in [4.69, 9.17) is 0 Å². The largest absolute Gasteiger partial charge is 0.365 e. The van der Waals surface area contributed by atoms with E-state index in [-0.39, 0.29) is 5.54 Å². The van der Waals surface area contributed by atoms with Crippen LogP contribution >= 0.6 is 0 Å². The van der Waals surface area contributed by atoms with Crippen molar-refractivity contribution >= 4 is 11.8 Å². The molecule has 1 aliphatic carbocycles. The zero-order valence-electron chi connectivity index (χ0n) is 10.5. The van der Waals surface area contributed by atoms with Crippen LogP contribution in [-0.4, -0.2) is 29.6 Å². The summed E-state index contributed by atoms with van der Waals surface area (Å²) in [5, 5.41) is 3.50. The zero-order chi connectivity index (χ0) is 11.8. The van der Waals surface area contributed by atoms with Gasteiger partial charge in [-0.3, -0.25) is 0 Å². The van der Waals surface area contributed by atoms with E-state index in [1.165, 1.54) is 12.8 Å². The van der Waals surface area contributed by atoms with Crippen LogP contribution in [0.2, 0.25) is 0 Å². The number of nitrogens with zero attached hydrogens (tertiary/aromatic N) is 3. The third kappa shape index (κ3) is 2.43. The van der Waals surface area contributed by atoms with Crippen molar-refractivity contribution in [1.82, 2.24) is 9.97 Å². The van der Waals surface area contributed by atoms with Gasteiger partial charge in [-0.05, 0) is 38.7 Å². The Balaban J connectivity index is 2.11. The van der Waals surface area contributed by atoms with Crippen LogP contribution in [0.15, 0.2) is 12.3 Å². The van der Waals surface area contributed by atoms with Gasteiger partial charge in [-0.1, -0.05) is 0 Å². The molecule has 4 heteroatoms. The van der Waals surface area contributed by atoms with E-state index in [1.54, 1.807) is 6.20 Å². The van der Waals surface area contributed by atoms with E-state index in [0.717, 1.165) is 17.7 Å². The SMILES string of the molecule is CN(C)c1nccc(NC(C)(C)C2CC2)n1. The maximum Gasteiger partial charge on any atom is 0.226 e. The average Bonchev–Trinajstić information content (AvgIpc) is 3.00. The Morgan fingerprint density at radius 3 is 2.62 bits per heavy atom. The fraction of sp³-hybridized carbons (Fsp3) is 0.667. The van der Waals surface area contributed by atoms with Crippen molar-refractivity contribution in [2.45, 2.75) is 32.2 Å². The van der Waals surface area contributed by atoms with Crippen LogP contribution in [0.3, 0.4) is 0 Å². The maximum absolute atomic E-state index is 4.47. The Morgan fingerprint density at radius 2 is 2.06 bits per heavy atom. The molecule has 1 aromatic heterocycles. The van der Waals surface area contributed by atoms with Gasteiger partial charge < -0.3 is 10.2 Å². The minimum absolute atomic E-state index is 0.137. The molecule has 1 aliphatic rings. The molecule has 4 nitrogen and oxygen atoms in total. The van der Waals surface area contributed by atoms with Crippen LogP contribution in [0, 0.1) is 5.92 Å². The van der Waals surface area contributed by atoms with Gasteiger partial charge in [0.05, 0.1) is 0 Å². The van der Waals surface area contributed by atoms with Gasteiger partial charge in [-0.2, -0.15) is 4.98 Å². The van der Waals surface area contributed by atoms with Crippen molar-refractivity contribution in [1.29, 1.82) is 0 Å². The predicted octanol–water partition coefficient (Wildman–Crippen LogP) is 2.14. The summed E-state index contributed by atoms with van der Waals surface area (Å²) in [4.78, 5) is 10.6. The molecule has 0 saturated heterocycles. The molecule has 0 amide bonds. The van der Waals surface area contributed by atoms with Gasteiger partial charge in [0.15, 0.2) is 0 Å². The average molecular weight is 220 g/mol. The first-order valence-electron chi connectivity index (χ1n) is 5.77. The minimum atomic E-state index is 0.137. The summed E-state index contributed by atoms with van der Waals surface area (Å²) in [6.45, 7) is 4.48. The van der Waals surface area contributed by atoms with Gasteiger partial charge >= 0.3 is 0 Å². The lowest BCUT2D eigenvalue weighted by molar-refractivity contribution is 0.492. The first-order valence-corrected chi connectivity index (χ1v) is 5.77. The number of hydrogen-bond donors (Lipinski definition) is 1. The Morgan fingerprint density at radius 1 is 1.38 bits per heavy atom. The van der Waals surface area contributed by atoms with Gasteiger partial charge in [0.2, 0.25) is 5.95 Å². The quantitative estimate of drug-likeness (QED) is 0.844. The summed E-state index contributed by atoms with van der Waals surface area (Å²) in [6.07, 6.45) is 4.45. The second kappa shape index (κ2) is 3.92. The second-order valence-electron chi connectivity index (χ2n) is 5.26. The predicted molar refractivity (Wildman–Crippen MR) is 66.8 cm³/mol. The van der Waals surface area contributed by atoms with Gasteiger partial charge in [-0.15, -0.1) is 0 Å². The van der Waals surface area contributed by atoms with Crippen LogP contribution in [0.1, 0.15) is 26.7 Å². The summed E-state index contributed by atoms with van der Waals surface area (Å²) in [5.74, 6) is 2.44. The zero-order valence-corrected chi connectivity index (χ0v) is 10.5. The number of hydrogen-bond acceptors (Lipinski definition) is 4. The molecule has 16 heavy (non-hydrogen) atoms. The summed E-state index contributed by atoms with van der Waals surface area (Å²) in [6, 6.07) is 1.93. The summed E-state index contributed by atoms with van der Waals surface area (Å²) in [7, 11) is 3.90. The standard InChI is InChI=1S/C12H20N4/c1-12(2,9-5-6-9)15-10-7-8-13-11(14-10)16(3)4/h7-9H,5-6H2,1-4H3,(H,13,14,15). The van der Waals surface area contributed by atoms with Crippen molar-refractivity contribution in [3.05, 3.63) is 12.3 Å². The van der Waals surface area contributed by atoms with Crippen LogP contribution in [0.25, 0.3) is 0 Å². The van der Waals surface area contributed by atoms with Crippen molar-refractivity contribution in [2.75, 3.05) is 24.3 Å². The second-order valence-corrected chi connectivity index (χ2v) is 5.26. The van der Waals surface area contributed by atoms with Gasteiger partial charge in [0, 0.05) is 25.8 Å². The van der Waals surface area contributed by atoms with Crippen molar-refractivity contribution < 1.29 is 0 Å². The summed E-state index contributed by atoms with van der Waals surface area (Å²) < 4.78 is 0. The maximum atomic E-state index is 4.47. The van der Waals surface area contributed by atoms with E-state index in [0.29, 0.717) is 0 Å². The lowest BCUT2D eigenvalue weighted by Gasteiger charge is -2.27. The fourth-order valence-corrected chi connectivity index (χ4v) is 1.87. The molecule has 1 fully saturated rings. The Hall–Kier alpha value is -1.32. The van der Waals surface area contributed by atoms with Crippen LogP contribution in [0.5, 0.6) is 0 Å². The fourth-order valence-electron chi connectivity index (χ4n) is 1.87. The Bertz CT molecular complexity index is 369. The van der Waals surface area contributed by atoms with Gasteiger partial charge in [0.25, 0.3) is 0 Å². The molecule has 0 bridgehead atoms. The normalized spacial score (nSPS) is 16.0. The van der Waals surface area contributed by atoms with Crippen molar-refractivity contribution in [2.24, 2.45) is 5.92 Å². The molecule has 0 radical (unpaired) electrons. The molecule has 0 aliphatic heterocycles. The molecule has 0 spiro atoms. The molecule has 0 aromatic carbocycles. The Labute approximate surface area is 97.1 Å². The summed E-state index contributed by atoms with van der Waals surface area (Å²) in [5.41, 5.74) is 0.137. The van der Waals surface area contributed by atoms with E-state index in [1.807, 2.05) is 25.1 Å². The first-order chi connectivity index (χ1) is 7.49. The number of aromatic nitrogens is 2. The Kier molecular flexibility index (Phi) is 2.74. The topological polar surface area (TPSA) is 41.1 Å². The molecule has 0 unspecified atom stereocenters. The van der Waals surface area contributed by atoms with Crippen molar-refractivity contribution in [3.63, 3.8) is 0 Å². The van der Waals surface area contributed by atoms with Crippen LogP contribution < -0.4 is 10.2 Å². The highest BCUT2D eigenvalue weighted by atomic mass is 15.2. The highest BCUT2D eigenvalue weighted by Gasteiger charge is 2.37. The monoisotopic (exact) mass is 220 g/mol. The lowest BCUT2D eigenvalue weighted by atomic mass is 9.99. The molecule has 88 valence electrons. The minimum Gasteiger partial charge on any atom is -0.365 e. The lowest BCUT2D eigenvalue weighted by Crippen LogP contribution is -2.33. The third-order valence-corrected chi connectivity index (χ3v) is 3.09. The molecular formula is C12H20N4. The number of anilines is 2. The highest BCUT2D eigenvalue weighted by molar-refractivity contribution is 5.42. The van der Waals surface area contributed by atoms with E-state index in [9.17, 15) is 0 Å². The molecular weight excluding hydrogens is 200 g/mol. The molecule has 1 saturated carbocycles. The van der Waals surface area contributed by atoms with E-state index in [2.05, 4.69) is 29.1 Å². The molecule has 1 heterocycles. The molecule has 0 atom stereocenters. The van der Waals surface area contributed by atoms with Gasteiger partial charge in [0.1, 0.15) is 5.82 Å². The van der Waals surface area contributed by atoms with Crippen LogP contribution in [0.4, 0.5) is 11.8 Å². The van der Waals surface area contributed by atoms with Gasteiger partial charge in [-0.25, -0.2) is 4.98 Å². The van der Waals surface area contributed by atoms with E-state index >= 15 is 0 Å². The molecule has 1 N–H and O–H groups in total. The highest BCUT2D eigenvalue weighted by Crippen LogP contribution is 2.40. The third-order valence-electron chi connectivity index (χ3n) is 3.09.